The second kappa shape index (κ2) is 8.41. The van der Waals surface area contributed by atoms with Crippen LogP contribution >= 0.6 is 11.6 Å². The summed E-state index contributed by atoms with van der Waals surface area (Å²) in [6.07, 6.45) is 1.29. The lowest BCUT2D eigenvalue weighted by atomic mass is 10.2. The third-order valence-electron chi connectivity index (χ3n) is 4.00. The van der Waals surface area contributed by atoms with Gasteiger partial charge in [0.15, 0.2) is 0 Å². The molecule has 0 amide bonds. The van der Waals surface area contributed by atoms with E-state index in [1.165, 1.54) is 41.9 Å². The molecule has 0 saturated heterocycles. The Hall–Kier alpha value is -2.90. The van der Waals surface area contributed by atoms with E-state index in [1.807, 2.05) is 0 Å². The number of sulfonamides is 1. The molecule has 1 heterocycles. The predicted octanol–water partition coefficient (Wildman–Crippen LogP) is 3.92. The Morgan fingerprint density at radius 1 is 1.04 bits per heavy atom. The Morgan fingerprint density at radius 2 is 1.71 bits per heavy atom. The zero-order chi connectivity index (χ0) is 20.1. The molecule has 0 bridgehead atoms. The van der Waals surface area contributed by atoms with E-state index in [0.29, 0.717) is 5.02 Å². The molecule has 0 N–H and O–H groups in total. The van der Waals surface area contributed by atoms with Crippen LogP contribution in [0, 0.1) is 0 Å². The molecule has 0 aliphatic carbocycles. The molecule has 0 aliphatic heterocycles. The van der Waals surface area contributed by atoms with Crippen molar-refractivity contribution in [3.63, 3.8) is 0 Å². The Morgan fingerprint density at radius 3 is 2.29 bits per heavy atom. The number of ether oxygens (including phenoxy) is 1. The summed E-state index contributed by atoms with van der Waals surface area (Å²) in [6.45, 7) is 0.0545. The minimum atomic E-state index is -3.88. The molecule has 3 aromatic rings. The van der Waals surface area contributed by atoms with Crippen molar-refractivity contribution in [2.75, 3.05) is 11.4 Å². The van der Waals surface area contributed by atoms with Crippen LogP contribution in [0.3, 0.4) is 0 Å². The van der Waals surface area contributed by atoms with Crippen LogP contribution in [0.25, 0.3) is 0 Å². The molecule has 1 aromatic heterocycles. The van der Waals surface area contributed by atoms with E-state index in [1.54, 1.807) is 42.5 Å². The fraction of sp³-hybridized carbons (Fsp3) is 0.100. The van der Waals surface area contributed by atoms with Crippen LogP contribution in [0.2, 0.25) is 5.02 Å². The normalized spacial score (nSPS) is 11.1. The average molecular weight is 417 g/mol. The van der Waals surface area contributed by atoms with Gasteiger partial charge in [0.1, 0.15) is 5.82 Å². The van der Waals surface area contributed by atoms with Gasteiger partial charge >= 0.3 is 5.97 Å². The SMILES string of the molecule is COC(=O)c1ccc(N(Cc2ccc(Cl)cc2)S(=O)(=O)c2ccccc2)nc1. The van der Waals surface area contributed by atoms with E-state index in [-0.39, 0.29) is 22.8 Å². The molecule has 0 radical (unpaired) electrons. The summed E-state index contributed by atoms with van der Waals surface area (Å²) < 4.78 is 32.3. The molecular weight excluding hydrogens is 400 g/mol. The number of halogens is 1. The molecule has 0 unspecified atom stereocenters. The fourth-order valence-corrected chi connectivity index (χ4v) is 4.09. The Kier molecular flexibility index (Phi) is 5.96. The minimum Gasteiger partial charge on any atom is -0.465 e. The molecule has 6 nitrogen and oxygen atoms in total. The number of esters is 1. The van der Waals surface area contributed by atoms with Crippen molar-refractivity contribution in [2.24, 2.45) is 0 Å². The predicted molar refractivity (Wildman–Crippen MR) is 107 cm³/mol. The first-order valence-electron chi connectivity index (χ1n) is 8.28. The van der Waals surface area contributed by atoms with Crippen molar-refractivity contribution in [2.45, 2.75) is 11.4 Å². The van der Waals surface area contributed by atoms with Gasteiger partial charge in [0, 0.05) is 11.2 Å². The van der Waals surface area contributed by atoms with Gasteiger partial charge in [-0.3, -0.25) is 0 Å². The van der Waals surface area contributed by atoms with E-state index >= 15 is 0 Å². The third-order valence-corrected chi connectivity index (χ3v) is 6.01. The Labute approximate surface area is 168 Å². The number of aromatic nitrogens is 1. The minimum absolute atomic E-state index is 0.0545. The second-order valence-electron chi connectivity index (χ2n) is 5.85. The molecule has 3 rings (SSSR count). The summed E-state index contributed by atoms with van der Waals surface area (Å²) in [5.41, 5.74) is 0.970. The summed E-state index contributed by atoms with van der Waals surface area (Å²) in [6, 6.07) is 17.9. The average Bonchev–Trinajstić information content (AvgIpc) is 2.73. The van der Waals surface area contributed by atoms with Crippen LogP contribution in [0.15, 0.2) is 77.8 Å². The third kappa shape index (κ3) is 4.32. The number of nitrogens with zero attached hydrogens (tertiary/aromatic N) is 2. The van der Waals surface area contributed by atoms with E-state index in [0.717, 1.165) is 5.56 Å². The molecule has 0 aliphatic rings. The molecule has 144 valence electrons. The van der Waals surface area contributed by atoms with Gasteiger partial charge in [0.25, 0.3) is 10.0 Å². The maximum atomic E-state index is 13.2. The molecule has 0 fully saturated rings. The lowest BCUT2D eigenvalue weighted by Gasteiger charge is -2.24. The van der Waals surface area contributed by atoms with Crippen molar-refractivity contribution in [1.29, 1.82) is 0 Å². The summed E-state index contributed by atoms with van der Waals surface area (Å²) in [7, 11) is -2.61. The number of carbonyl (C=O) groups is 1. The van der Waals surface area contributed by atoms with Crippen molar-refractivity contribution >= 4 is 33.4 Å². The van der Waals surface area contributed by atoms with Gasteiger partial charge in [-0.2, -0.15) is 0 Å². The van der Waals surface area contributed by atoms with E-state index < -0.39 is 16.0 Å². The number of methoxy groups -OCH3 is 1. The number of anilines is 1. The smallest absolute Gasteiger partial charge is 0.339 e. The molecule has 2 aromatic carbocycles. The van der Waals surface area contributed by atoms with Gasteiger partial charge in [-0.1, -0.05) is 41.9 Å². The van der Waals surface area contributed by atoms with Crippen LogP contribution in [0.5, 0.6) is 0 Å². The largest absolute Gasteiger partial charge is 0.465 e. The molecule has 28 heavy (non-hydrogen) atoms. The van der Waals surface area contributed by atoms with Gasteiger partial charge in [0.2, 0.25) is 0 Å². The molecule has 0 atom stereocenters. The highest BCUT2D eigenvalue weighted by Crippen LogP contribution is 2.25. The highest BCUT2D eigenvalue weighted by Gasteiger charge is 2.26. The first-order chi connectivity index (χ1) is 13.4. The Bertz CT molecular complexity index is 1050. The lowest BCUT2D eigenvalue weighted by Crippen LogP contribution is -2.31. The monoisotopic (exact) mass is 416 g/mol. The van der Waals surface area contributed by atoms with Crippen molar-refractivity contribution in [3.8, 4) is 0 Å². The van der Waals surface area contributed by atoms with Gasteiger partial charge in [-0.05, 0) is 42.0 Å². The number of carbonyl (C=O) groups excluding carboxylic acids is 1. The zero-order valence-electron chi connectivity index (χ0n) is 14.9. The van der Waals surface area contributed by atoms with Crippen LogP contribution in [0.1, 0.15) is 15.9 Å². The highest BCUT2D eigenvalue weighted by atomic mass is 35.5. The first-order valence-corrected chi connectivity index (χ1v) is 10.1. The lowest BCUT2D eigenvalue weighted by molar-refractivity contribution is 0.0600. The van der Waals surface area contributed by atoms with Gasteiger partial charge in [0.05, 0.1) is 24.1 Å². The standard InChI is InChI=1S/C20H17ClN2O4S/c1-27-20(24)16-9-12-19(22-13-16)23(14-15-7-10-17(21)11-8-15)28(25,26)18-5-3-2-4-6-18/h2-13H,14H2,1H3. The maximum absolute atomic E-state index is 13.2. The fourth-order valence-electron chi connectivity index (χ4n) is 2.54. The Balaban J connectivity index is 2.03. The number of rotatable bonds is 6. The topological polar surface area (TPSA) is 76.6 Å². The number of hydrogen-bond donors (Lipinski definition) is 0. The van der Waals surface area contributed by atoms with E-state index in [4.69, 9.17) is 11.6 Å². The zero-order valence-corrected chi connectivity index (χ0v) is 16.5. The van der Waals surface area contributed by atoms with Gasteiger partial charge in [-0.25, -0.2) is 22.5 Å². The summed E-state index contributed by atoms with van der Waals surface area (Å²) in [5.74, 6) is -0.360. The summed E-state index contributed by atoms with van der Waals surface area (Å²) >= 11 is 5.92. The molecule has 0 saturated carbocycles. The molecule has 8 heteroatoms. The van der Waals surface area contributed by atoms with Gasteiger partial charge in [-0.15, -0.1) is 0 Å². The van der Waals surface area contributed by atoms with Crippen molar-refractivity contribution < 1.29 is 17.9 Å². The second-order valence-corrected chi connectivity index (χ2v) is 8.15. The number of hydrogen-bond acceptors (Lipinski definition) is 5. The van der Waals surface area contributed by atoms with Crippen LogP contribution in [-0.4, -0.2) is 26.5 Å². The number of pyridine rings is 1. The molecular formula is C20H17ClN2O4S. The van der Waals surface area contributed by atoms with Crippen LogP contribution in [-0.2, 0) is 21.3 Å². The van der Waals surface area contributed by atoms with E-state index in [9.17, 15) is 13.2 Å². The van der Waals surface area contributed by atoms with Crippen LogP contribution in [0.4, 0.5) is 5.82 Å². The van der Waals surface area contributed by atoms with E-state index in [2.05, 4.69) is 9.72 Å². The van der Waals surface area contributed by atoms with Gasteiger partial charge < -0.3 is 4.74 Å². The molecule has 0 spiro atoms. The summed E-state index contributed by atoms with van der Waals surface area (Å²) in [4.78, 5) is 15.9. The van der Waals surface area contributed by atoms with Crippen molar-refractivity contribution in [3.05, 3.63) is 89.1 Å². The van der Waals surface area contributed by atoms with Crippen LogP contribution < -0.4 is 4.31 Å². The number of benzene rings is 2. The highest BCUT2D eigenvalue weighted by molar-refractivity contribution is 7.92. The first kappa shape index (κ1) is 19.9. The maximum Gasteiger partial charge on any atom is 0.339 e. The summed E-state index contributed by atoms with van der Waals surface area (Å²) in [5, 5.41) is 0.557. The van der Waals surface area contributed by atoms with Crippen molar-refractivity contribution in [1.82, 2.24) is 4.98 Å². The quantitative estimate of drug-likeness (QED) is 0.569.